The molecule has 279 valence electrons. The van der Waals surface area contributed by atoms with E-state index < -0.39 is 0 Å². The fourth-order valence-electron chi connectivity index (χ4n) is 7.00. The van der Waals surface area contributed by atoms with Crippen molar-refractivity contribution in [2.24, 2.45) is 0 Å². The molecule has 0 amide bonds. The Kier molecular flexibility index (Phi) is 45.8. The van der Waals surface area contributed by atoms with Crippen molar-refractivity contribution in [2.75, 3.05) is 0 Å². The minimum absolute atomic E-state index is 1.28. The molecule has 0 spiro atoms. The highest BCUT2D eigenvalue weighted by Crippen LogP contribution is 2.19. The van der Waals surface area contributed by atoms with E-state index >= 15 is 0 Å². The predicted octanol–water partition coefficient (Wildman–Crippen LogP) is 18.6. The van der Waals surface area contributed by atoms with Crippen LogP contribution in [0, 0.1) is 0 Å². The van der Waals surface area contributed by atoms with Crippen molar-refractivity contribution in [3.63, 3.8) is 0 Å². The number of hydrogen-bond donors (Lipinski definition) is 0. The molecule has 1 radical (unpaired) electrons. The molecular weight excluding hydrogens is 583 g/mol. The van der Waals surface area contributed by atoms with Crippen molar-refractivity contribution >= 4 is 8.58 Å². The van der Waals surface area contributed by atoms with E-state index in [1.807, 2.05) is 0 Å². The smallest absolute Gasteiger partial charge is 0.0267 e. The van der Waals surface area contributed by atoms with Gasteiger partial charge in [0, 0.05) is 0 Å². The van der Waals surface area contributed by atoms with Crippen molar-refractivity contribution in [1.82, 2.24) is 0 Å². The minimum Gasteiger partial charge on any atom is -0.0834 e. The first-order valence-electron chi connectivity index (χ1n) is 22.4. The quantitative estimate of drug-likeness (QED) is 0.0447. The molecule has 0 fully saturated rings. The zero-order valence-corrected chi connectivity index (χ0v) is 33.9. The first kappa shape index (κ1) is 46.9. The van der Waals surface area contributed by atoms with Gasteiger partial charge in [-0.05, 0) is 34.3 Å². The lowest BCUT2D eigenvalue weighted by atomic mass is 10.0. The third-order valence-electron chi connectivity index (χ3n) is 10.3. The van der Waals surface area contributed by atoms with Crippen molar-refractivity contribution in [2.45, 2.75) is 271 Å². The molecule has 0 rings (SSSR count). The summed E-state index contributed by atoms with van der Waals surface area (Å²) in [5.74, 6) is 4.73. The molecule has 0 aliphatic heterocycles. The zero-order valence-electron chi connectivity index (χ0n) is 33.0. The summed E-state index contributed by atoms with van der Waals surface area (Å²) in [5.41, 5.74) is 0. The predicted molar refractivity (Wildman–Crippen MR) is 221 cm³/mol. The standard InChI is InChI=1S/C46H90P/c1-3-5-7-9-11-13-15-17-19-21-23-25-27-29-31-33-35-37-39-41-43-45-47-46-44-42-40-38-36-34-32-30-28-26-24-22-20-18-16-14-12-10-8-6-4-2/h43-46H,3-42H2,1-2H3. The van der Waals surface area contributed by atoms with Crippen LogP contribution in [0.3, 0.4) is 0 Å². The van der Waals surface area contributed by atoms with E-state index in [1.54, 1.807) is 0 Å². The summed E-state index contributed by atoms with van der Waals surface area (Å²) in [5, 5.41) is 0. The van der Waals surface area contributed by atoms with Crippen molar-refractivity contribution in [1.29, 1.82) is 0 Å². The Bertz CT molecular complexity index is 528. The number of allylic oxidation sites excluding steroid dienone is 2. The summed E-state index contributed by atoms with van der Waals surface area (Å²) in [7, 11) is 1.38. The van der Waals surface area contributed by atoms with Gasteiger partial charge in [0.2, 0.25) is 0 Å². The van der Waals surface area contributed by atoms with Crippen LogP contribution in [0.25, 0.3) is 0 Å². The Morgan fingerprint density at radius 2 is 0.404 bits per heavy atom. The lowest BCUT2D eigenvalue weighted by Crippen LogP contribution is -1.84. The fraction of sp³-hybridized carbons (Fsp3) is 0.913. The van der Waals surface area contributed by atoms with Gasteiger partial charge in [0.05, 0.1) is 0 Å². The van der Waals surface area contributed by atoms with Gasteiger partial charge in [-0.1, -0.05) is 269 Å². The van der Waals surface area contributed by atoms with Gasteiger partial charge in [-0.15, -0.1) is 0 Å². The summed E-state index contributed by atoms with van der Waals surface area (Å²) >= 11 is 0. The molecule has 0 heterocycles. The van der Waals surface area contributed by atoms with Crippen molar-refractivity contribution in [3.05, 3.63) is 23.8 Å². The van der Waals surface area contributed by atoms with Crippen LogP contribution in [0.15, 0.2) is 23.8 Å². The topological polar surface area (TPSA) is 0 Å². The van der Waals surface area contributed by atoms with Crippen LogP contribution in [-0.4, -0.2) is 0 Å². The summed E-state index contributed by atoms with van der Waals surface area (Å²) in [6.45, 7) is 4.62. The first-order chi connectivity index (χ1) is 23.4. The molecule has 0 atom stereocenters. The summed E-state index contributed by atoms with van der Waals surface area (Å²) in [4.78, 5) is 0. The van der Waals surface area contributed by atoms with E-state index in [0.717, 1.165) is 0 Å². The second kappa shape index (κ2) is 45.9. The maximum Gasteiger partial charge on any atom is -0.0267 e. The fourth-order valence-corrected chi connectivity index (χ4v) is 7.64. The molecule has 0 unspecified atom stereocenters. The van der Waals surface area contributed by atoms with Gasteiger partial charge in [-0.3, -0.25) is 0 Å². The van der Waals surface area contributed by atoms with Gasteiger partial charge in [-0.25, -0.2) is 0 Å². The van der Waals surface area contributed by atoms with Gasteiger partial charge in [0.1, 0.15) is 0 Å². The Labute approximate surface area is 302 Å². The van der Waals surface area contributed by atoms with Crippen LogP contribution in [0.5, 0.6) is 0 Å². The van der Waals surface area contributed by atoms with Crippen LogP contribution in [0.4, 0.5) is 0 Å². The summed E-state index contributed by atoms with van der Waals surface area (Å²) in [6, 6.07) is 0. The average molecular weight is 674 g/mol. The molecule has 0 aromatic rings. The van der Waals surface area contributed by atoms with Gasteiger partial charge >= 0.3 is 0 Å². The van der Waals surface area contributed by atoms with Gasteiger partial charge in [-0.2, -0.15) is 0 Å². The highest BCUT2D eigenvalue weighted by atomic mass is 31.1. The minimum atomic E-state index is 1.28. The van der Waals surface area contributed by atoms with Gasteiger partial charge in [0.15, 0.2) is 0 Å². The SMILES string of the molecule is CCCCCCCCCCCCCCCCCCCCCC=C[P]C=CCCCCCCCCCCCCCCCCCCCCC. The van der Waals surface area contributed by atoms with E-state index in [0.29, 0.717) is 0 Å². The highest BCUT2D eigenvalue weighted by molar-refractivity contribution is 7.45. The lowest BCUT2D eigenvalue weighted by molar-refractivity contribution is 0.523. The number of rotatable bonds is 42. The molecule has 47 heavy (non-hydrogen) atoms. The van der Waals surface area contributed by atoms with E-state index in [4.69, 9.17) is 0 Å². The molecule has 0 bridgehead atoms. The van der Waals surface area contributed by atoms with E-state index in [2.05, 4.69) is 37.6 Å². The highest BCUT2D eigenvalue weighted by Gasteiger charge is 1.97. The largest absolute Gasteiger partial charge is 0.0834 e. The second-order valence-corrected chi connectivity index (χ2v) is 16.1. The second-order valence-electron chi connectivity index (χ2n) is 15.2. The molecule has 0 aliphatic carbocycles. The molecule has 0 N–H and O–H groups in total. The van der Waals surface area contributed by atoms with Crippen molar-refractivity contribution in [3.8, 4) is 0 Å². The molecule has 0 saturated heterocycles. The average Bonchev–Trinajstić information content (AvgIpc) is 3.08. The van der Waals surface area contributed by atoms with Crippen LogP contribution in [0.1, 0.15) is 271 Å². The van der Waals surface area contributed by atoms with Gasteiger partial charge < -0.3 is 0 Å². The van der Waals surface area contributed by atoms with E-state index in [9.17, 15) is 0 Å². The van der Waals surface area contributed by atoms with Crippen molar-refractivity contribution < 1.29 is 0 Å². The molecule has 0 saturated carbocycles. The maximum absolute atomic E-state index is 2.41. The molecular formula is C46H90P. The first-order valence-corrected chi connectivity index (χ1v) is 23.4. The van der Waals surface area contributed by atoms with Crippen LogP contribution < -0.4 is 0 Å². The number of hydrogen-bond acceptors (Lipinski definition) is 0. The Hall–Kier alpha value is -0.0900. The third-order valence-corrected chi connectivity index (χ3v) is 11.1. The molecule has 1 heteroatoms. The molecule has 0 aromatic carbocycles. The number of unbranched alkanes of at least 4 members (excludes halogenated alkanes) is 38. The molecule has 0 aliphatic rings. The van der Waals surface area contributed by atoms with E-state index in [1.165, 1.54) is 265 Å². The molecule has 0 aromatic heterocycles. The van der Waals surface area contributed by atoms with Gasteiger partial charge in [0.25, 0.3) is 0 Å². The maximum atomic E-state index is 2.41. The normalized spacial score (nSPS) is 12.2. The molecule has 0 nitrogen and oxygen atoms in total. The third kappa shape index (κ3) is 45.9. The Morgan fingerprint density at radius 3 is 0.596 bits per heavy atom. The van der Waals surface area contributed by atoms with Crippen LogP contribution in [0.2, 0.25) is 0 Å². The Balaban J connectivity index is 3.14. The van der Waals surface area contributed by atoms with Crippen LogP contribution >= 0.6 is 8.58 Å². The van der Waals surface area contributed by atoms with E-state index in [-0.39, 0.29) is 0 Å². The van der Waals surface area contributed by atoms with Crippen LogP contribution in [-0.2, 0) is 0 Å². The monoisotopic (exact) mass is 674 g/mol. The summed E-state index contributed by atoms with van der Waals surface area (Å²) < 4.78 is 0. The summed E-state index contributed by atoms with van der Waals surface area (Å²) in [6.07, 6.45) is 62.9. The Morgan fingerprint density at radius 1 is 0.234 bits per heavy atom. The zero-order chi connectivity index (χ0) is 33.8. The lowest BCUT2D eigenvalue weighted by Gasteiger charge is -2.04.